The van der Waals surface area contributed by atoms with E-state index in [-0.39, 0.29) is 29.4 Å². The second-order valence-electron chi connectivity index (χ2n) is 6.78. The molecule has 146 valence electrons. The fourth-order valence-corrected chi connectivity index (χ4v) is 3.41. The van der Waals surface area contributed by atoms with Crippen molar-refractivity contribution in [2.75, 3.05) is 18.1 Å². The summed E-state index contributed by atoms with van der Waals surface area (Å²) < 4.78 is 0. The van der Waals surface area contributed by atoms with Crippen LogP contribution in [0.5, 0.6) is 0 Å². The molecule has 0 atom stereocenters. The maximum atomic E-state index is 13.4. The van der Waals surface area contributed by atoms with Gasteiger partial charge in [0.15, 0.2) is 0 Å². The minimum Gasteiger partial charge on any atom is -0.324 e. The van der Waals surface area contributed by atoms with Gasteiger partial charge >= 0.3 is 0 Å². The number of anilines is 1. The number of nitrogens with zero attached hydrogens (tertiary/aromatic N) is 3. The lowest BCUT2D eigenvalue weighted by Crippen LogP contribution is -2.42. The highest BCUT2D eigenvalue weighted by Gasteiger charge is 2.28. The number of carbonyl (C=O) groups is 2. The maximum Gasteiger partial charge on any atom is 0.273 e. The number of hydrogen-bond acceptors (Lipinski definition) is 4. The molecule has 28 heavy (non-hydrogen) atoms. The standard InChI is InChI=1S/C20H20ClN3O4/c1-13-8-9-15(11-17(13)21)23(12-22-10-4-7-19(22)25)20(26)16-5-3-6-18(14(16)2)24(27)28/h3,5-6,8-9,11H,4,7,10,12H2,1-2H3. The summed E-state index contributed by atoms with van der Waals surface area (Å²) in [5.41, 5.74) is 1.78. The van der Waals surface area contributed by atoms with Gasteiger partial charge in [-0.1, -0.05) is 23.7 Å². The SMILES string of the molecule is Cc1ccc(N(CN2CCCC2=O)C(=O)c2cccc([N+](=O)[O-])c2C)cc1Cl. The van der Waals surface area contributed by atoms with Gasteiger partial charge in [-0.25, -0.2) is 0 Å². The third kappa shape index (κ3) is 3.84. The van der Waals surface area contributed by atoms with Crippen molar-refractivity contribution in [2.45, 2.75) is 26.7 Å². The Kier molecular flexibility index (Phi) is 5.65. The first-order valence-electron chi connectivity index (χ1n) is 8.89. The highest BCUT2D eigenvalue weighted by atomic mass is 35.5. The number of benzene rings is 2. The molecule has 0 spiro atoms. The van der Waals surface area contributed by atoms with Crippen molar-refractivity contribution in [3.05, 3.63) is 68.2 Å². The monoisotopic (exact) mass is 401 g/mol. The van der Waals surface area contributed by atoms with Crippen molar-refractivity contribution in [2.24, 2.45) is 0 Å². The summed E-state index contributed by atoms with van der Waals surface area (Å²) in [6.07, 6.45) is 1.19. The van der Waals surface area contributed by atoms with Crippen molar-refractivity contribution >= 4 is 34.8 Å². The van der Waals surface area contributed by atoms with Crippen molar-refractivity contribution < 1.29 is 14.5 Å². The predicted molar refractivity (Wildman–Crippen MR) is 107 cm³/mol. The van der Waals surface area contributed by atoms with Gasteiger partial charge in [-0.3, -0.25) is 24.6 Å². The number of aryl methyl sites for hydroxylation is 1. The number of halogens is 1. The maximum absolute atomic E-state index is 13.4. The molecule has 0 aliphatic carbocycles. The lowest BCUT2D eigenvalue weighted by Gasteiger charge is -2.29. The van der Waals surface area contributed by atoms with Crippen LogP contribution in [0.2, 0.25) is 5.02 Å². The van der Waals surface area contributed by atoms with E-state index in [1.165, 1.54) is 17.0 Å². The van der Waals surface area contributed by atoms with Gasteiger partial charge in [0.25, 0.3) is 11.6 Å². The molecule has 3 rings (SSSR count). The molecule has 0 saturated carbocycles. The number of carbonyl (C=O) groups excluding carboxylic acids is 2. The molecular formula is C20H20ClN3O4. The number of nitro groups is 1. The third-order valence-corrected chi connectivity index (χ3v) is 5.34. The summed E-state index contributed by atoms with van der Waals surface area (Å²) in [4.78, 5) is 39.3. The summed E-state index contributed by atoms with van der Waals surface area (Å²) in [6, 6.07) is 9.63. The van der Waals surface area contributed by atoms with E-state index in [2.05, 4.69) is 0 Å². The summed E-state index contributed by atoms with van der Waals surface area (Å²) in [7, 11) is 0. The van der Waals surface area contributed by atoms with Crippen LogP contribution >= 0.6 is 11.6 Å². The molecule has 0 radical (unpaired) electrons. The van der Waals surface area contributed by atoms with Gasteiger partial charge in [-0.15, -0.1) is 0 Å². The highest BCUT2D eigenvalue weighted by molar-refractivity contribution is 6.31. The molecule has 2 aromatic rings. The van der Waals surface area contributed by atoms with Crippen molar-refractivity contribution in [1.29, 1.82) is 0 Å². The van der Waals surface area contributed by atoms with Crippen LogP contribution in [0.4, 0.5) is 11.4 Å². The minimum atomic E-state index is -0.511. The van der Waals surface area contributed by atoms with Crippen LogP contribution in [-0.2, 0) is 4.79 Å². The second-order valence-corrected chi connectivity index (χ2v) is 7.18. The van der Waals surface area contributed by atoms with Crippen molar-refractivity contribution in [3.63, 3.8) is 0 Å². The Morgan fingerprint density at radius 2 is 2.04 bits per heavy atom. The van der Waals surface area contributed by atoms with Gasteiger partial charge in [0.05, 0.1) is 4.92 Å². The number of likely N-dealkylation sites (tertiary alicyclic amines) is 1. The van der Waals surface area contributed by atoms with E-state index in [9.17, 15) is 19.7 Å². The van der Waals surface area contributed by atoms with E-state index in [0.717, 1.165) is 12.0 Å². The Bertz CT molecular complexity index is 960. The van der Waals surface area contributed by atoms with Crippen LogP contribution in [-0.4, -0.2) is 34.9 Å². The Morgan fingerprint density at radius 1 is 1.29 bits per heavy atom. The highest BCUT2D eigenvalue weighted by Crippen LogP contribution is 2.28. The van der Waals surface area contributed by atoms with Crippen molar-refractivity contribution in [1.82, 2.24) is 4.90 Å². The van der Waals surface area contributed by atoms with Gasteiger partial charge in [0.2, 0.25) is 5.91 Å². The normalized spacial score (nSPS) is 13.7. The van der Waals surface area contributed by atoms with E-state index in [0.29, 0.717) is 23.7 Å². The summed E-state index contributed by atoms with van der Waals surface area (Å²) in [6.45, 7) is 4.04. The van der Waals surface area contributed by atoms with Gasteiger partial charge in [-0.2, -0.15) is 0 Å². The summed E-state index contributed by atoms with van der Waals surface area (Å²) in [5, 5.41) is 11.7. The smallest absolute Gasteiger partial charge is 0.273 e. The zero-order chi connectivity index (χ0) is 20.4. The Morgan fingerprint density at radius 3 is 2.64 bits per heavy atom. The van der Waals surface area contributed by atoms with Gasteiger partial charge in [0, 0.05) is 40.9 Å². The second kappa shape index (κ2) is 7.98. The third-order valence-electron chi connectivity index (χ3n) is 4.93. The molecule has 0 N–H and O–H groups in total. The fourth-order valence-electron chi connectivity index (χ4n) is 3.24. The Hall–Kier alpha value is -2.93. The zero-order valence-corrected chi connectivity index (χ0v) is 16.4. The lowest BCUT2D eigenvalue weighted by molar-refractivity contribution is -0.385. The van der Waals surface area contributed by atoms with E-state index >= 15 is 0 Å². The molecule has 0 aromatic heterocycles. The van der Waals surface area contributed by atoms with Crippen molar-refractivity contribution in [3.8, 4) is 0 Å². The molecule has 1 heterocycles. The molecule has 1 fully saturated rings. The summed E-state index contributed by atoms with van der Waals surface area (Å²) >= 11 is 6.24. The van der Waals surface area contributed by atoms with Crippen LogP contribution < -0.4 is 4.90 Å². The van der Waals surface area contributed by atoms with Gasteiger partial charge < -0.3 is 4.90 Å². The molecule has 0 bridgehead atoms. The summed E-state index contributed by atoms with van der Waals surface area (Å²) in [5.74, 6) is -0.437. The molecule has 0 unspecified atom stereocenters. The van der Waals surface area contributed by atoms with E-state index in [1.807, 2.05) is 6.92 Å². The van der Waals surface area contributed by atoms with E-state index < -0.39 is 10.8 Å². The molecular weight excluding hydrogens is 382 g/mol. The first kappa shape index (κ1) is 19.8. The van der Waals surface area contributed by atoms with Crippen LogP contribution in [0.25, 0.3) is 0 Å². The number of hydrogen-bond donors (Lipinski definition) is 0. The van der Waals surface area contributed by atoms with Crippen LogP contribution in [0.1, 0.15) is 34.3 Å². The average molecular weight is 402 g/mol. The quantitative estimate of drug-likeness (QED) is 0.558. The van der Waals surface area contributed by atoms with Crippen LogP contribution in [0.15, 0.2) is 36.4 Å². The van der Waals surface area contributed by atoms with Crippen LogP contribution in [0, 0.1) is 24.0 Å². The van der Waals surface area contributed by atoms with E-state index in [1.54, 1.807) is 36.1 Å². The van der Waals surface area contributed by atoms with Crippen LogP contribution in [0.3, 0.4) is 0 Å². The minimum absolute atomic E-state index is 0.0215. The Labute approximate surface area is 167 Å². The number of rotatable bonds is 5. The molecule has 1 aliphatic rings. The first-order valence-corrected chi connectivity index (χ1v) is 9.27. The number of nitro benzene ring substituents is 1. The first-order chi connectivity index (χ1) is 13.3. The molecule has 2 aromatic carbocycles. The molecule has 2 amide bonds. The molecule has 1 saturated heterocycles. The Balaban J connectivity index is 2.04. The van der Waals surface area contributed by atoms with Gasteiger partial charge in [-0.05, 0) is 44.0 Å². The number of amides is 2. The predicted octanol–water partition coefficient (Wildman–Crippen LogP) is 4.09. The zero-order valence-electron chi connectivity index (χ0n) is 15.6. The average Bonchev–Trinajstić information content (AvgIpc) is 3.06. The fraction of sp³-hybridized carbons (Fsp3) is 0.300. The van der Waals surface area contributed by atoms with E-state index in [4.69, 9.17) is 11.6 Å². The largest absolute Gasteiger partial charge is 0.324 e. The lowest BCUT2D eigenvalue weighted by atomic mass is 10.1. The van der Waals surface area contributed by atoms with Gasteiger partial charge in [0.1, 0.15) is 6.67 Å². The topological polar surface area (TPSA) is 83.8 Å². The molecule has 1 aliphatic heterocycles. The molecule has 8 heteroatoms. The molecule has 7 nitrogen and oxygen atoms in total.